The number of anilines is 1. The number of piperidine rings is 1. The average Bonchev–Trinajstić information content (AvgIpc) is 2.93. The standard InChI is InChI=1S/C29H33N3O7S/c1-4-38-28(34)23-18-32(29(35)39-5-2)17-16-25(23)31-40(36,37)26-15-14-24(21-12-8-9-13-22(21)26)30-27(33)20-11-7-6-10-19(20)3/h6-15,23,25,31H,4-5,16-18H2,1-3H3,(H,30,33)/t23-,25-/m0/s1. The summed E-state index contributed by atoms with van der Waals surface area (Å²) in [4.78, 5) is 39.4. The summed E-state index contributed by atoms with van der Waals surface area (Å²) in [6.45, 7) is 5.68. The van der Waals surface area contributed by atoms with Crippen LogP contribution in [0, 0.1) is 12.8 Å². The highest BCUT2D eigenvalue weighted by atomic mass is 32.2. The molecule has 2 atom stereocenters. The lowest BCUT2D eigenvalue weighted by molar-refractivity contribution is -0.150. The molecule has 4 rings (SSSR count). The van der Waals surface area contributed by atoms with Crippen LogP contribution in [0.2, 0.25) is 0 Å². The predicted octanol–water partition coefficient (Wildman–Crippen LogP) is 4.09. The van der Waals surface area contributed by atoms with Crippen LogP contribution in [0.3, 0.4) is 0 Å². The summed E-state index contributed by atoms with van der Waals surface area (Å²) in [5.41, 5.74) is 1.80. The molecule has 2 N–H and O–H groups in total. The molecule has 3 aromatic rings. The third-order valence-electron chi connectivity index (χ3n) is 6.85. The first-order chi connectivity index (χ1) is 19.2. The van der Waals surface area contributed by atoms with Crippen molar-refractivity contribution in [2.75, 3.05) is 31.6 Å². The Morgan fingerprint density at radius 2 is 1.60 bits per heavy atom. The lowest BCUT2D eigenvalue weighted by Gasteiger charge is -2.36. The highest BCUT2D eigenvalue weighted by Gasteiger charge is 2.40. The number of sulfonamides is 1. The maximum Gasteiger partial charge on any atom is 0.409 e. The molecular weight excluding hydrogens is 534 g/mol. The Balaban J connectivity index is 1.62. The van der Waals surface area contributed by atoms with Gasteiger partial charge in [0.25, 0.3) is 5.91 Å². The van der Waals surface area contributed by atoms with Gasteiger partial charge in [0.15, 0.2) is 0 Å². The second-order valence-corrected chi connectivity index (χ2v) is 11.1. The Morgan fingerprint density at radius 3 is 2.30 bits per heavy atom. The number of nitrogens with one attached hydrogen (secondary N) is 2. The number of carbonyl (C=O) groups excluding carboxylic acids is 3. The normalized spacial score (nSPS) is 17.3. The maximum atomic E-state index is 13.7. The van der Waals surface area contributed by atoms with Crippen molar-refractivity contribution in [3.63, 3.8) is 0 Å². The number of carbonyl (C=O) groups is 3. The van der Waals surface area contributed by atoms with Crippen molar-refractivity contribution >= 4 is 44.5 Å². The van der Waals surface area contributed by atoms with Crippen molar-refractivity contribution in [2.45, 2.75) is 38.1 Å². The smallest absolute Gasteiger partial charge is 0.409 e. The molecule has 0 radical (unpaired) electrons. The summed E-state index contributed by atoms with van der Waals surface area (Å²) in [5, 5.41) is 3.86. The van der Waals surface area contributed by atoms with Gasteiger partial charge < -0.3 is 19.7 Å². The lowest BCUT2D eigenvalue weighted by Crippen LogP contribution is -2.55. The second kappa shape index (κ2) is 12.5. The Kier molecular flexibility index (Phi) is 9.06. The van der Waals surface area contributed by atoms with E-state index in [1.807, 2.05) is 19.1 Å². The molecule has 0 aliphatic carbocycles. The first kappa shape index (κ1) is 29.0. The Hall–Kier alpha value is -3.96. The summed E-state index contributed by atoms with van der Waals surface area (Å²) >= 11 is 0. The minimum Gasteiger partial charge on any atom is -0.466 e. The molecule has 1 aliphatic rings. The SMILES string of the molecule is CCOC(=O)[C@H]1CN(C(=O)OCC)CC[C@@H]1NS(=O)(=O)c1ccc(NC(=O)c2ccccc2C)c2ccccc12. The summed E-state index contributed by atoms with van der Waals surface area (Å²) in [5.74, 6) is -1.81. The van der Waals surface area contributed by atoms with Crippen molar-refractivity contribution in [3.8, 4) is 0 Å². The molecule has 1 heterocycles. The molecule has 0 bridgehead atoms. The van der Waals surface area contributed by atoms with E-state index >= 15 is 0 Å². The van der Waals surface area contributed by atoms with Gasteiger partial charge in [-0.3, -0.25) is 9.59 Å². The number of aryl methyl sites for hydroxylation is 1. The van der Waals surface area contributed by atoms with Gasteiger partial charge in [0.2, 0.25) is 10.0 Å². The molecule has 40 heavy (non-hydrogen) atoms. The van der Waals surface area contributed by atoms with Crippen LogP contribution in [0.15, 0.2) is 65.6 Å². The molecule has 10 nitrogen and oxygen atoms in total. The third-order valence-corrected chi connectivity index (χ3v) is 8.39. The van der Waals surface area contributed by atoms with Gasteiger partial charge in [0.05, 0.1) is 24.0 Å². The van der Waals surface area contributed by atoms with E-state index in [0.717, 1.165) is 5.56 Å². The number of hydrogen-bond acceptors (Lipinski definition) is 7. The van der Waals surface area contributed by atoms with Gasteiger partial charge >= 0.3 is 12.1 Å². The van der Waals surface area contributed by atoms with Gasteiger partial charge in [-0.25, -0.2) is 17.9 Å². The molecule has 0 saturated carbocycles. The van der Waals surface area contributed by atoms with Crippen molar-refractivity contribution < 1.29 is 32.3 Å². The van der Waals surface area contributed by atoms with E-state index in [2.05, 4.69) is 10.0 Å². The maximum absolute atomic E-state index is 13.7. The van der Waals surface area contributed by atoms with Crippen LogP contribution in [0.1, 0.15) is 36.2 Å². The van der Waals surface area contributed by atoms with Crippen molar-refractivity contribution in [1.82, 2.24) is 9.62 Å². The van der Waals surface area contributed by atoms with Crippen LogP contribution in [0.25, 0.3) is 10.8 Å². The number of rotatable bonds is 8. The van der Waals surface area contributed by atoms with Gasteiger partial charge in [0, 0.05) is 41.2 Å². The van der Waals surface area contributed by atoms with E-state index in [1.54, 1.807) is 56.3 Å². The highest BCUT2D eigenvalue weighted by molar-refractivity contribution is 7.89. The Labute approximate surface area is 233 Å². The van der Waals surface area contributed by atoms with Crippen LogP contribution in [0.5, 0.6) is 0 Å². The molecule has 1 aliphatic heterocycles. The Morgan fingerprint density at radius 1 is 0.925 bits per heavy atom. The number of esters is 1. The van der Waals surface area contributed by atoms with E-state index in [-0.39, 0.29) is 43.5 Å². The number of likely N-dealkylation sites (tertiary alicyclic amines) is 1. The summed E-state index contributed by atoms with van der Waals surface area (Å²) in [7, 11) is -4.13. The van der Waals surface area contributed by atoms with Crippen LogP contribution < -0.4 is 10.0 Å². The first-order valence-electron chi connectivity index (χ1n) is 13.2. The van der Waals surface area contributed by atoms with Gasteiger partial charge in [-0.15, -0.1) is 0 Å². The zero-order valence-electron chi connectivity index (χ0n) is 22.7. The molecule has 212 valence electrons. The first-order valence-corrected chi connectivity index (χ1v) is 14.6. The molecule has 2 amide bonds. The van der Waals surface area contributed by atoms with Gasteiger partial charge in [-0.05, 0) is 51.0 Å². The average molecular weight is 568 g/mol. The van der Waals surface area contributed by atoms with Gasteiger partial charge in [-0.1, -0.05) is 42.5 Å². The predicted molar refractivity (Wildman–Crippen MR) is 151 cm³/mol. The fourth-order valence-corrected chi connectivity index (χ4v) is 6.38. The molecule has 3 aromatic carbocycles. The number of hydrogen-bond donors (Lipinski definition) is 2. The molecular formula is C29H33N3O7S. The van der Waals surface area contributed by atoms with E-state index in [1.165, 1.54) is 11.0 Å². The third kappa shape index (κ3) is 6.26. The van der Waals surface area contributed by atoms with Crippen LogP contribution in [-0.2, 0) is 24.3 Å². The zero-order valence-corrected chi connectivity index (χ0v) is 23.5. The summed E-state index contributed by atoms with van der Waals surface area (Å²) < 4.78 is 40.3. The van der Waals surface area contributed by atoms with Crippen LogP contribution in [0.4, 0.5) is 10.5 Å². The van der Waals surface area contributed by atoms with E-state index in [9.17, 15) is 22.8 Å². The summed E-state index contributed by atoms with van der Waals surface area (Å²) in [6, 6.07) is 16.3. The second-order valence-electron chi connectivity index (χ2n) is 9.45. The largest absolute Gasteiger partial charge is 0.466 e. The minimum absolute atomic E-state index is 0.00687. The molecule has 0 spiro atoms. The van der Waals surface area contributed by atoms with Crippen molar-refractivity contribution in [1.29, 1.82) is 0 Å². The van der Waals surface area contributed by atoms with E-state index in [0.29, 0.717) is 22.0 Å². The fourth-order valence-electron chi connectivity index (χ4n) is 4.86. The lowest BCUT2D eigenvalue weighted by atomic mass is 9.93. The number of nitrogens with zero attached hydrogens (tertiary/aromatic N) is 1. The van der Waals surface area contributed by atoms with E-state index < -0.39 is 34.0 Å². The van der Waals surface area contributed by atoms with E-state index in [4.69, 9.17) is 9.47 Å². The van der Waals surface area contributed by atoms with Crippen LogP contribution in [-0.4, -0.2) is 63.6 Å². The number of benzene rings is 3. The number of ether oxygens (including phenoxy) is 2. The fraction of sp³-hybridized carbons (Fsp3) is 0.345. The zero-order chi connectivity index (χ0) is 28.9. The molecule has 0 aromatic heterocycles. The number of fused-ring (bicyclic) bond motifs is 1. The summed E-state index contributed by atoms with van der Waals surface area (Å²) in [6.07, 6.45) is -0.364. The number of amides is 2. The quantitative estimate of drug-likeness (QED) is 0.392. The van der Waals surface area contributed by atoms with Crippen molar-refractivity contribution in [2.24, 2.45) is 5.92 Å². The molecule has 1 saturated heterocycles. The molecule has 1 fully saturated rings. The Bertz CT molecular complexity index is 1520. The molecule has 0 unspecified atom stereocenters. The topological polar surface area (TPSA) is 131 Å². The van der Waals surface area contributed by atoms with Crippen LogP contribution >= 0.6 is 0 Å². The van der Waals surface area contributed by atoms with Crippen molar-refractivity contribution in [3.05, 3.63) is 71.8 Å². The minimum atomic E-state index is -4.13. The highest BCUT2D eigenvalue weighted by Crippen LogP contribution is 2.31. The monoisotopic (exact) mass is 567 g/mol. The van der Waals surface area contributed by atoms with Gasteiger partial charge in [0.1, 0.15) is 0 Å². The molecule has 11 heteroatoms. The van der Waals surface area contributed by atoms with Gasteiger partial charge in [-0.2, -0.15) is 0 Å².